The van der Waals surface area contributed by atoms with Gasteiger partial charge in [0.05, 0.1) is 10.0 Å². The Kier molecular flexibility index (Phi) is 4.05. The van der Waals surface area contributed by atoms with Gasteiger partial charge < -0.3 is 4.90 Å². The molecule has 1 fully saturated rings. The topological polar surface area (TPSA) is 16.1 Å². The van der Waals surface area contributed by atoms with E-state index in [9.17, 15) is 8.78 Å². The number of pyridine rings is 1. The summed E-state index contributed by atoms with van der Waals surface area (Å²) in [6, 6.07) is 1.62. The number of hydrogen-bond donors (Lipinski definition) is 0. The van der Waals surface area contributed by atoms with Crippen LogP contribution in [0.3, 0.4) is 0 Å². The van der Waals surface area contributed by atoms with Crippen LogP contribution in [0, 0.1) is 5.92 Å². The molecule has 0 aromatic carbocycles. The molecule has 1 aromatic rings. The van der Waals surface area contributed by atoms with Crippen molar-refractivity contribution in [2.45, 2.75) is 19.3 Å². The second-order valence-corrected chi connectivity index (χ2v) is 4.96. The summed E-state index contributed by atoms with van der Waals surface area (Å²) in [5, 5.41) is 0.939. The fraction of sp³-hybridized carbons (Fsp3) is 0.545. The third-order valence-electron chi connectivity index (χ3n) is 2.98. The lowest BCUT2D eigenvalue weighted by atomic mass is 9.97. The van der Waals surface area contributed by atoms with Crippen LogP contribution in [0.2, 0.25) is 10.0 Å². The number of anilines is 1. The number of piperidine rings is 1. The Labute approximate surface area is 109 Å². The molecule has 0 bridgehead atoms. The molecule has 94 valence electrons. The highest BCUT2D eigenvalue weighted by Gasteiger charge is 2.27. The van der Waals surface area contributed by atoms with E-state index in [1.807, 2.05) is 4.90 Å². The third kappa shape index (κ3) is 2.99. The Hall–Kier alpha value is -0.610. The van der Waals surface area contributed by atoms with Crippen LogP contribution in [0.4, 0.5) is 14.6 Å². The summed E-state index contributed by atoms with van der Waals surface area (Å²) in [7, 11) is 0. The van der Waals surface area contributed by atoms with Crippen molar-refractivity contribution in [3.8, 4) is 0 Å². The summed E-state index contributed by atoms with van der Waals surface area (Å²) in [4.78, 5) is 6.07. The average Bonchev–Trinajstić information content (AvgIpc) is 2.29. The van der Waals surface area contributed by atoms with Crippen LogP contribution in [-0.4, -0.2) is 24.5 Å². The van der Waals surface area contributed by atoms with Crippen molar-refractivity contribution in [3.05, 3.63) is 22.3 Å². The molecule has 0 N–H and O–H groups in total. The fourth-order valence-electron chi connectivity index (χ4n) is 2.00. The molecule has 1 aliphatic heterocycles. The van der Waals surface area contributed by atoms with Gasteiger partial charge in [-0.2, -0.15) is 0 Å². The van der Waals surface area contributed by atoms with E-state index in [0.717, 1.165) is 0 Å². The fourth-order valence-corrected chi connectivity index (χ4v) is 2.50. The lowest BCUT2D eigenvalue weighted by Gasteiger charge is -2.32. The number of hydrogen-bond acceptors (Lipinski definition) is 2. The molecule has 0 radical (unpaired) electrons. The molecule has 0 saturated carbocycles. The zero-order valence-corrected chi connectivity index (χ0v) is 10.6. The molecule has 17 heavy (non-hydrogen) atoms. The predicted octanol–water partition coefficient (Wildman–Crippen LogP) is 3.87. The minimum atomic E-state index is -2.23. The van der Waals surface area contributed by atoms with Crippen molar-refractivity contribution in [2.75, 3.05) is 18.0 Å². The summed E-state index contributed by atoms with van der Waals surface area (Å²) in [5.41, 5.74) is 0. The molecule has 1 aromatic heterocycles. The van der Waals surface area contributed by atoms with Gasteiger partial charge in [-0.05, 0) is 18.9 Å². The molecule has 2 heterocycles. The zero-order valence-electron chi connectivity index (χ0n) is 9.04. The minimum absolute atomic E-state index is 0.466. The largest absolute Gasteiger partial charge is 0.355 e. The normalized spacial score (nSPS) is 17.8. The van der Waals surface area contributed by atoms with Gasteiger partial charge in [0.15, 0.2) is 0 Å². The Bertz CT molecular complexity index is 393. The smallest absolute Gasteiger partial charge is 0.241 e. The second-order valence-electron chi connectivity index (χ2n) is 4.12. The molecule has 2 rings (SSSR count). The van der Waals surface area contributed by atoms with Crippen molar-refractivity contribution >= 4 is 29.0 Å². The van der Waals surface area contributed by atoms with Crippen molar-refractivity contribution in [1.29, 1.82) is 0 Å². The summed E-state index contributed by atoms with van der Waals surface area (Å²) < 4.78 is 25.0. The Morgan fingerprint density at radius 2 is 1.94 bits per heavy atom. The van der Waals surface area contributed by atoms with E-state index in [1.54, 1.807) is 6.07 Å². The summed E-state index contributed by atoms with van der Waals surface area (Å²) in [5.74, 6) is 0.126. The first-order valence-electron chi connectivity index (χ1n) is 5.42. The highest BCUT2D eigenvalue weighted by atomic mass is 35.5. The maximum Gasteiger partial charge on any atom is 0.241 e. The highest BCUT2D eigenvalue weighted by molar-refractivity contribution is 6.36. The van der Waals surface area contributed by atoms with Gasteiger partial charge in [0.2, 0.25) is 6.43 Å². The Morgan fingerprint density at radius 1 is 1.29 bits per heavy atom. The van der Waals surface area contributed by atoms with Gasteiger partial charge in [-0.3, -0.25) is 0 Å². The van der Waals surface area contributed by atoms with Gasteiger partial charge in [-0.25, -0.2) is 13.8 Å². The number of halogens is 4. The van der Waals surface area contributed by atoms with Gasteiger partial charge in [-0.1, -0.05) is 23.2 Å². The highest BCUT2D eigenvalue weighted by Crippen LogP contribution is 2.31. The first-order valence-corrected chi connectivity index (χ1v) is 6.17. The van der Waals surface area contributed by atoms with E-state index >= 15 is 0 Å². The molecular weight excluding hydrogens is 269 g/mol. The molecule has 0 spiro atoms. The van der Waals surface area contributed by atoms with Crippen LogP contribution in [0.1, 0.15) is 12.8 Å². The van der Waals surface area contributed by atoms with Gasteiger partial charge >= 0.3 is 0 Å². The number of alkyl halides is 2. The lowest BCUT2D eigenvalue weighted by molar-refractivity contribution is 0.0635. The molecule has 0 unspecified atom stereocenters. The molecule has 0 aliphatic carbocycles. The van der Waals surface area contributed by atoms with Crippen LogP contribution < -0.4 is 4.90 Å². The van der Waals surface area contributed by atoms with E-state index in [2.05, 4.69) is 4.98 Å². The number of nitrogens with zero attached hydrogens (tertiary/aromatic N) is 2. The van der Waals surface area contributed by atoms with Crippen molar-refractivity contribution in [3.63, 3.8) is 0 Å². The van der Waals surface area contributed by atoms with Crippen molar-refractivity contribution < 1.29 is 8.78 Å². The summed E-state index contributed by atoms with van der Waals surface area (Å²) in [6.45, 7) is 1.12. The molecule has 0 atom stereocenters. The number of rotatable bonds is 2. The van der Waals surface area contributed by atoms with E-state index in [0.29, 0.717) is 41.8 Å². The molecule has 1 saturated heterocycles. The van der Waals surface area contributed by atoms with Crippen LogP contribution in [0.15, 0.2) is 12.3 Å². The Morgan fingerprint density at radius 3 is 2.47 bits per heavy atom. The second kappa shape index (κ2) is 5.36. The first kappa shape index (κ1) is 12.8. The van der Waals surface area contributed by atoms with Crippen LogP contribution >= 0.6 is 23.2 Å². The SMILES string of the molecule is FC(F)C1CCN(c2ncc(Cl)cc2Cl)CC1. The van der Waals surface area contributed by atoms with Gasteiger partial charge in [0, 0.05) is 25.2 Å². The summed E-state index contributed by atoms with van der Waals surface area (Å²) >= 11 is 11.8. The van der Waals surface area contributed by atoms with E-state index in [1.165, 1.54) is 6.20 Å². The average molecular weight is 281 g/mol. The molecular formula is C11H12Cl2F2N2. The van der Waals surface area contributed by atoms with Gasteiger partial charge in [0.25, 0.3) is 0 Å². The summed E-state index contributed by atoms with van der Waals surface area (Å²) in [6.07, 6.45) is 0.226. The minimum Gasteiger partial charge on any atom is -0.355 e. The van der Waals surface area contributed by atoms with E-state index < -0.39 is 12.3 Å². The third-order valence-corrected chi connectivity index (χ3v) is 3.47. The monoisotopic (exact) mass is 280 g/mol. The molecule has 6 heteroatoms. The van der Waals surface area contributed by atoms with E-state index in [4.69, 9.17) is 23.2 Å². The first-order chi connectivity index (χ1) is 8.08. The van der Waals surface area contributed by atoms with Crippen LogP contribution in [0.5, 0.6) is 0 Å². The predicted molar refractivity (Wildman–Crippen MR) is 65.2 cm³/mol. The van der Waals surface area contributed by atoms with Crippen LogP contribution in [-0.2, 0) is 0 Å². The van der Waals surface area contributed by atoms with Crippen molar-refractivity contribution in [2.24, 2.45) is 5.92 Å². The maximum absolute atomic E-state index is 12.5. The maximum atomic E-state index is 12.5. The lowest BCUT2D eigenvalue weighted by Crippen LogP contribution is -2.36. The van der Waals surface area contributed by atoms with Crippen LogP contribution in [0.25, 0.3) is 0 Å². The van der Waals surface area contributed by atoms with Gasteiger partial charge in [-0.15, -0.1) is 0 Å². The standard InChI is InChI=1S/C11H12Cl2F2N2/c12-8-5-9(13)11(16-6-8)17-3-1-7(2-4-17)10(14)15/h5-7,10H,1-4H2. The molecule has 1 aliphatic rings. The zero-order chi connectivity index (χ0) is 12.4. The molecule has 0 amide bonds. The number of aromatic nitrogens is 1. The molecule has 2 nitrogen and oxygen atoms in total. The Balaban J connectivity index is 2.05. The van der Waals surface area contributed by atoms with Gasteiger partial charge in [0.1, 0.15) is 5.82 Å². The van der Waals surface area contributed by atoms with Crippen molar-refractivity contribution in [1.82, 2.24) is 4.98 Å². The van der Waals surface area contributed by atoms with E-state index in [-0.39, 0.29) is 0 Å². The quantitative estimate of drug-likeness (QED) is 0.818.